The standard InChI is InChI=1S/C16H22ClNO2/c1-3-16(15(19)20)9-4-10-18(11-16)12(2)13-5-7-14(17)8-6-13/h5-8,12H,3-4,9-11H2,1-2H3,(H,19,20). The highest BCUT2D eigenvalue weighted by Gasteiger charge is 2.41. The molecule has 1 aromatic carbocycles. The summed E-state index contributed by atoms with van der Waals surface area (Å²) >= 11 is 5.92. The van der Waals surface area contributed by atoms with E-state index in [4.69, 9.17) is 11.6 Å². The third kappa shape index (κ3) is 2.99. The lowest BCUT2D eigenvalue weighted by Gasteiger charge is -2.42. The van der Waals surface area contributed by atoms with E-state index in [0.29, 0.717) is 13.0 Å². The summed E-state index contributed by atoms with van der Waals surface area (Å²) in [5.41, 5.74) is 0.602. The summed E-state index contributed by atoms with van der Waals surface area (Å²) in [7, 11) is 0. The fourth-order valence-corrected chi connectivity index (χ4v) is 3.19. The van der Waals surface area contributed by atoms with Gasteiger partial charge >= 0.3 is 5.97 Å². The van der Waals surface area contributed by atoms with Crippen LogP contribution in [-0.2, 0) is 4.79 Å². The SMILES string of the molecule is CCC1(C(=O)O)CCCN(C(C)c2ccc(Cl)cc2)C1. The maximum Gasteiger partial charge on any atom is 0.310 e. The summed E-state index contributed by atoms with van der Waals surface area (Å²) in [6, 6.07) is 8.05. The van der Waals surface area contributed by atoms with Crippen molar-refractivity contribution in [2.45, 2.75) is 39.2 Å². The summed E-state index contributed by atoms with van der Waals surface area (Å²) < 4.78 is 0. The van der Waals surface area contributed by atoms with Gasteiger partial charge in [0.15, 0.2) is 0 Å². The Balaban J connectivity index is 2.16. The Hall–Kier alpha value is -1.06. The van der Waals surface area contributed by atoms with Gasteiger partial charge in [0.1, 0.15) is 0 Å². The average molecular weight is 296 g/mol. The van der Waals surface area contributed by atoms with Crippen molar-refractivity contribution in [3.8, 4) is 0 Å². The minimum absolute atomic E-state index is 0.220. The van der Waals surface area contributed by atoms with Gasteiger partial charge in [0, 0.05) is 17.6 Å². The number of likely N-dealkylation sites (tertiary alicyclic amines) is 1. The maximum absolute atomic E-state index is 11.6. The highest BCUT2D eigenvalue weighted by Crippen LogP contribution is 2.37. The monoisotopic (exact) mass is 295 g/mol. The van der Waals surface area contributed by atoms with E-state index >= 15 is 0 Å². The van der Waals surface area contributed by atoms with Gasteiger partial charge in [-0.05, 0) is 50.4 Å². The third-order valence-electron chi connectivity index (χ3n) is 4.64. The minimum Gasteiger partial charge on any atom is -0.481 e. The first kappa shape index (κ1) is 15.3. The van der Waals surface area contributed by atoms with Gasteiger partial charge in [-0.3, -0.25) is 9.69 Å². The Morgan fingerprint density at radius 1 is 1.45 bits per heavy atom. The van der Waals surface area contributed by atoms with E-state index in [1.165, 1.54) is 5.56 Å². The van der Waals surface area contributed by atoms with Gasteiger partial charge in [-0.25, -0.2) is 0 Å². The van der Waals surface area contributed by atoms with Crippen molar-refractivity contribution in [2.75, 3.05) is 13.1 Å². The van der Waals surface area contributed by atoms with E-state index < -0.39 is 11.4 Å². The zero-order valence-corrected chi connectivity index (χ0v) is 12.9. The second-order valence-corrected chi connectivity index (χ2v) is 6.18. The van der Waals surface area contributed by atoms with Crippen LogP contribution >= 0.6 is 11.6 Å². The van der Waals surface area contributed by atoms with Crippen LogP contribution in [0.5, 0.6) is 0 Å². The number of benzene rings is 1. The second kappa shape index (κ2) is 6.15. The molecule has 2 unspecified atom stereocenters. The predicted octanol–water partition coefficient (Wildman–Crippen LogP) is 3.98. The van der Waals surface area contributed by atoms with E-state index in [0.717, 1.165) is 24.4 Å². The summed E-state index contributed by atoms with van der Waals surface area (Å²) in [6.45, 7) is 5.70. The average Bonchev–Trinajstić information content (AvgIpc) is 2.47. The Bertz CT molecular complexity index is 474. The van der Waals surface area contributed by atoms with E-state index in [1.807, 2.05) is 31.2 Å². The van der Waals surface area contributed by atoms with Crippen molar-refractivity contribution in [3.63, 3.8) is 0 Å². The van der Waals surface area contributed by atoms with E-state index in [2.05, 4.69) is 11.8 Å². The highest BCUT2D eigenvalue weighted by molar-refractivity contribution is 6.30. The molecule has 2 atom stereocenters. The molecule has 1 N–H and O–H groups in total. The van der Waals surface area contributed by atoms with Crippen LogP contribution in [0.15, 0.2) is 24.3 Å². The Labute approximate surface area is 125 Å². The molecule has 1 fully saturated rings. The van der Waals surface area contributed by atoms with Crippen LogP contribution in [0.4, 0.5) is 0 Å². The topological polar surface area (TPSA) is 40.5 Å². The van der Waals surface area contributed by atoms with E-state index in [1.54, 1.807) is 0 Å². The number of rotatable bonds is 4. The molecule has 1 saturated heterocycles. The summed E-state index contributed by atoms with van der Waals surface area (Å²) in [6.07, 6.45) is 2.41. The minimum atomic E-state index is -0.659. The molecule has 0 aromatic heterocycles. The summed E-state index contributed by atoms with van der Waals surface area (Å²) in [5, 5.41) is 10.3. The smallest absolute Gasteiger partial charge is 0.310 e. The molecule has 1 aliphatic heterocycles. The van der Waals surface area contributed by atoms with Crippen LogP contribution < -0.4 is 0 Å². The van der Waals surface area contributed by atoms with Crippen LogP contribution in [0.3, 0.4) is 0 Å². The maximum atomic E-state index is 11.6. The first-order valence-corrected chi connectivity index (χ1v) is 7.59. The molecule has 0 aliphatic carbocycles. The van der Waals surface area contributed by atoms with Gasteiger partial charge in [0.05, 0.1) is 5.41 Å². The van der Waals surface area contributed by atoms with Crippen molar-refractivity contribution < 1.29 is 9.90 Å². The van der Waals surface area contributed by atoms with Gasteiger partial charge < -0.3 is 5.11 Å². The number of hydrogen-bond donors (Lipinski definition) is 1. The first-order valence-electron chi connectivity index (χ1n) is 7.21. The normalized spacial score (nSPS) is 25.4. The zero-order valence-electron chi connectivity index (χ0n) is 12.1. The largest absolute Gasteiger partial charge is 0.481 e. The summed E-state index contributed by atoms with van der Waals surface area (Å²) in [4.78, 5) is 13.9. The Morgan fingerprint density at radius 3 is 2.65 bits per heavy atom. The molecule has 0 amide bonds. The molecular weight excluding hydrogens is 274 g/mol. The number of hydrogen-bond acceptors (Lipinski definition) is 2. The van der Waals surface area contributed by atoms with Gasteiger partial charge in [0.2, 0.25) is 0 Å². The highest BCUT2D eigenvalue weighted by atomic mass is 35.5. The molecule has 4 heteroatoms. The lowest BCUT2D eigenvalue weighted by Crippen LogP contribution is -2.48. The zero-order chi connectivity index (χ0) is 14.8. The van der Waals surface area contributed by atoms with E-state index in [-0.39, 0.29) is 6.04 Å². The number of nitrogens with zero attached hydrogens (tertiary/aromatic N) is 1. The predicted molar refractivity (Wildman–Crippen MR) is 81.0 cm³/mol. The van der Waals surface area contributed by atoms with Gasteiger partial charge in [-0.15, -0.1) is 0 Å². The number of halogens is 1. The number of piperidine rings is 1. The fraction of sp³-hybridized carbons (Fsp3) is 0.562. The lowest BCUT2D eigenvalue weighted by atomic mass is 9.77. The second-order valence-electron chi connectivity index (χ2n) is 5.74. The molecule has 20 heavy (non-hydrogen) atoms. The molecule has 110 valence electrons. The summed E-state index contributed by atoms with van der Waals surface area (Å²) in [5.74, 6) is -0.659. The van der Waals surface area contributed by atoms with Crippen LogP contribution in [0, 0.1) is 5.41 Å². The Morgan fingerprint density at radius 2 is 2.10 bits per heavy atom. The molecule has 1 aromatic rings. The molecular formula is C16H22ClNO2. The number of carboxylic acids is 1. The van der Waals surface area contributed by atoms with E-state index in [9.17, 15) is 9.90 Å². The fourth-order valence-electron chi connectivity index (χ4n) is 3.06. The first-order chi connectivity index (χ1) is 9.48. The van der Waals surface area contributed by atoms with Crippen LogP contribution in [0.25, 0.3) is 0 Å². The van der Waals surface area contributed by atoms with Crippen LogP contribution in [0.2, 0.25) is 5.02 Å². The third-order valence-corrected chi connectivity index (χ3v) is 4.89. The Kier molecular flexibility index (Phi) is 4.71. The van der Waals surface area contributed by atoms with Gasteiger partial charge in [-0.2, -0.15) is 0 Å². The molecule has 0 radical (unpaired) electrons. The van der Waals surface area contributed by atoms with Crippen molar-refractivity contribution in [1.29, 1.82) is 0 Å². The van der Waals surface area contributed by atoms with Crippen LogP contribution in [0.1, 0.15) is 44.7 Å². The number of aliphatic carboxylic acids is 1. The van der Waals surface area contributed by atoms with Crippen molar-refractivity contribution in [2.24, 2.45) is 5.41 Å². The number of carboxylic acid groups (broad SMARTS) is 1. The molecule has 1 heterocycles. The molecule has 0 spiro atoms. The number of carbonyl (C=O) groups is 1. The van der Waals surface area contributed by atoms with Gasteiger partial charge in [0.25, 0.3) is 0 Å². The van der Waals surface area contributed by atoms with Crippen molar-refractivity contribution in [3.05, 3.63) is 34.9 Å². The van der Waals surface area contributed by atoms with Crippen LogP contribution in [-0.4, -0.2) is 29.1 Å². The molecule has 2 rings (SSSR count). The molecule has 3 nitrogen and oxygen atoms in total. The quantitative estimate of drug-likeness (QED) is 0.913. The van der Waals surface area contributed by atoms with Crippen molar-refractivity contribution in [1.82, 2.24) is 4.90 Å². The van der Waals surface area contributed by atoms with Gasteiger partial charge in [-0.1, -0.05) is 30.7 Å². The lowest BCUT2D eigenvalue weighted by molar-refractivity contribution is -0.153. The van der Waals surface area contributed by atoms with Crippen molar-refractivity contribution >= 4 is 17.6 Å². The molecule has 0 saturated carbocycles. The molecule has 1 aliphatic rings. The molecule has 0 bridgehead atoms.